The van der Waals surface area contributed by atoms with Crippen molar-refractivity contribution >= 4 is 0 Å². The number of pyridine rings is 1. The van der Waals surface area contributed by atoms with Gasteiger partial charge in [-0.3, -0.25) is 0 Å². The normalized spacial score (nSPS) is 9.11. The summed E-state index contributed by atoms with van der Waals surface area (Å²) in [5, 5.41) is 0. The first-order valence-corrected chi connectivity index (χ1v) is 2.71. The Morgan fingerprint density at radius 3 is 2.78 bits per heavy atom. The van der Waals surface area contributed by atoms with Gasteiger partial charge in [-0.15, -0.1) is 0 Å². The lowest BCUT2D eigenvalue weighted by Gasteiger charge is -1.96. The first-order valence-electron chi connectivity index (χ1n) is 2.71. The second kappa shape index (κ2) is 2.49. The molecule has 47 valence electrons. The maximum atomic E-state index is 4.85. The van der Waals surface area contributed by atoms with E-state index in [0.717, 1.165) is 5.69 Å². The van der Waals surface area contributed by atoms with Crippen LogP contribution in [0.3, 0.4) is 0 Å². The second-order valence-corrected chi connectivity index (χ2v) is 1.75. The molecule has 0 bridgehead atoms. The fourth-order valence-electron chi connectivity index (χ4n) is 0.576. The highest BCUT2D eigenvalue weighted by atomic mass is 16.5. The minimum Gasteiger partial charge on any atom is -0.481 e. The Bertz CT molecular complexity index is 198. The maximum absolute atomic E-state index is 4.85. The van der Waals surface area contributed by atoms with Gasteiger partial charge in [0, 0.05) is 11.8 Å². The third-order valence-electron chi connectivity index (χ3n) is 0.995. The van der Waals surface area contributed by atoms with E-state index in [0.29, 0.717) is 5.88 Å². The fraction of sp³-hybridized carbons (Fsp3) is 0.286. The van der Waals surface area contributed by atoms with E-state index < -0.39 is 0 Å². The van der Waals surface area contributed by atoms with E-state index in [1.807, 2.05) is 13.0 Å². The molecular formula is C7H8NO. The van der Waals surface area contributed by atoms with Gasteiger partial charge in [-0.2, -0.15) is 0 Å². The third-order valence-corrected chi connectivity index (χ3v) is 0.995. The van der Waals surface area contributed by atoms with Gasteiger partial charge in [0.25, 0.3) is 0 Å². The van der Waals surface area contributed by atoms with Crippen molar-refractivity contribution in [1.82, 2.24) is 4.98 Å². The Kier molecular flexibility index (Phi) is 1.68. The lowest BCUT2D eigenvalue weighted by atomic mass is 10.4. The highest BCUT2D eigenvalue weighted by Crippen LogP contribution is 2.03. The topological polar surface area (TPSA) is 22.1 Å². The smallest absolute Gasteiger partial charge is 0.213 e. The fourth-order valence-corrected chi connectivity index (χ4v) is 0.576. The van der Waals surface area contributed by atoms with Crippen molar-refractivity contribution in [3.8, 4) is 5.88 Å². The van der Waals surface area contributed by atoms with Crippen LogP contribution in [0.4, 0.5) is 0 Å². The molecule has 1 rings (SSSR count). The lowest BCUT2D eigenvalue weighted by Crippen LogP contribution is -1.87. The van der Waals surface area contributed by atoms with E-state index in [9.17, 15) is 0 Å². The zero-order chi connectivity index (χ0) is 6.69. The summed E-state index contributed by atoms with van der Waals surface area (Å²) in [4.78, 5) is 4.04. The third kappa shape index (κ3) is 1.42. The van der Waals surface area contributed by atoms with Gasteiger partial charge in [-0.1, -0.05) is 0 Å². The summed E-state index contributed by atoms with van der Waals surface area (Å²) in [6, 6.07) is 6.40. The summed E-state index contributed by atoms with van der Waals surface area (Å²) in [7, 11) is 1.59. The van der Waals surface area contributed by atoms with Crippen LogP contribution in [0.1, 0.15) is 5.69 Å². The molecule has 1 aromatic heterocycles. The monoisotopic (exact) mass is 122 g/mol. The molecule has 1 radical (unpaired) electrons. The summed E-state index contributed by atoms with van der Waals surface area (Å²) >= 11 is 0. The first-order chi connectivity index (χ1) is 4.33. The van der Waals surface area contributed by atoms with E-state index >= 15 is 0 Å². The molecule has 0 atom stereocenters. The number of hydrogen-bond acceptors (Lipinski definition) is 2. The summed E-state index contributed by atoms with van der Waals surface area (Å²) in [5.74, 6) is 0.620. The zero-order valence-electron chi connectivity index (χ0n) is 5.51. The summed E-state index contributed by atoms with van der Waals surface area (Å²) in [6.07, 6.45) is 0. The standard InChI is InChI=1S/C7H8NO/c1-6-4-3-5-7(8-6)9-2/h4-5H,1-2H3. The van der Waals surface area contributed by atoms with Gasteiger partial charge in [-0.25, -0.2) is 4.98 Å². The Morgan fingerprint density at radius 2 is 2.33 bits per heavy atom. The number of ether oxygens (including phenoxy) is 1. The number of nitrogens with zero attached hydrogens (tertiary/aromatic N) is 1. The molecule has 2 nitrogen and oxygen atoms in total. The molecule has 2 heteroatoms. The van der Waals surface area contributed by atoms with Gasteiger partial charge in [0.05, 0.1) is 7.11 Å². The van der Waals surface area contributed by atoms with Crippen LogP contribution >= 0.6 is 0 Å². The van der Waals surface area contributed by atoms with Gasteiger partial charge < -0.3 is 4.74 Å². The molecule has 0 saturated carbocycles. The first kappa shape index (κ1) is 6.08. The average molecular weight is 122 g/mol. The van der Waals surface area contributed by atoms with Crippen LogP contribution in [-0.4, -0.2) is 12.1 Å². The van der Waals surface area contributed by atoms with Crippen molar-refractivity contribution in [2.45, 2.75) is 6.92 Å². The van der Waals surface area contributed by atoms with Crippen molar-refractivity contribution in [1.29, 1.82) is 0 Å². The molecule has 1 heterocycles. The molecule has 0 aliphatic carbocycles. The van der Waals surface area contributed by atoms with Crippen LogP contribution in [-0.2, 0) is 0 Å². The zero-order valence-corrected chi connectivity index (χ0v) is 5.51. The molecule has 1 aromatic rings. The molecule has 0 saturated heterocycles. The van der Waals surface area contributed by atoms with Gasteiger partial charge in [0.1, 0.15) is 0 Å². The SMILES string of the molecule is COc1c[c]cc(C)n1. The minimum atomic E-state index is 0.620. The van der Waals surface area contributed by atoms with Gasteiger partial charge in [0.2, 0.25) is 5.88 Å². The van der Waals surface area contributed by atoms with Gasteiger partial charge in [-0.05, 0) is 19.1 Å². The van der Waals surface area contributed by atoms with Crippen LogP contribution < -0.4 is 4.74 Å². The van der Waals surface area contributed by atoms with Crippen molar-refractivity contribution < 1.29 is 4.74 Å². The Hall–Kier alpha value is -1.05. The number of aromatic nitrogens is 1. The van der Waals surface area contributed by atoms with E-state index in [4.69, 9.17) is 4.74 Å². The maximum Gasteiger partial charge on any atom is 0.213 e. The van der Waals surface area contributed by atoms with Crippen molar-refractivity contribution in [3.63, 3.8) is 0 Å². The van der Waals surface area contributed by atoms with Crippen molar-refractivity contribution in [3.05, 3.63) is 23.9 Å². The molecule has 9 heavy (non-hydrogen) atoms. The number of hydrogen-bond donors (Lipinski definition) is 0. The largest absolute Gasteiger partial charge is 0.481 e. The van der Waals surface area contributed by atoms with Gasteiger partial charge in [0.15, 0.2) is 0 Å². The van der Waals surface area contributed by atoms with Gasteiger partial charge >= 0.3 is 0 Å². The van der Waals surface area contributed by atoms with E-state index in [2.05, 4.69) is 11.1 Å². The lowest BCUT2D eigenvalue weighted by molar-refractivity contribution is 0.397. The van der Waals surface area contributed by atoms with Crippen molar-refractivity contribution in [2.75, 3.05) is 7.11 Å². The Morgan fingerprint density at radius 1 is 1.56 bits per heavy atom. The predicted molar refractivity (Wildman–Crippen MR) is 34.4 cm³/mol. The van der Waals surface area contributed by atoms with Crippen LogP contribution in [0.15, 0.2) is 12.1 Å². The predicted octanol–water partition coefficient (Wildman–Crippen LogP) is 1.20. The van der Waals surface area contributed by atoms with Crippen LogP contribution in [0.5, 0.6) is 5.88 Å². The number of rotatable bonds is 1. The number of aryl methyl sites for hydroxylation is 1. The van der Waals surface area contributed by atoms with Crippen molar-refractivity contribution in [2.24, 2.45) is 0 Å². The van der Waals surface area contributed by atoms with E-state index in [1.54, 1.807) is 13.2 Å². The summed E-state index contributed by atoms with van der Waals surface area (Å²) < 4.78 is 4.85. The highest BCUT2D eigenvalue weighted by molar-refractivity contribution is 5.12. The Labute approximate surface area is 54.5 Å². The molecule has 0 amide bonds. The molecule has 0 N–H and O–H groups in total. The quantitative estimate of drug-likeness (QED) is 0.558. The molecule has 0 spiro atoms. The van der Waals surface area contributed by atoms with E-state index in [-0.39, 0.29) is 0 Å². The molecule has 0 unspecified atom stereocenters. The molecular weight excluding hydrogens is 114 g/mol. The number of methoxy groups -OCH3 is 1. The molecule has 0 aromatic carbocycles. The highest BCUT2D eigenvalue weighted by Gasteiger charge is 1.88. The Balaban J connectivity index is 2.94. The molecule has 0 fully saturated rings. The van der Waals surface area contributed by atoms with Crippen LogP contribution in [0.25, 0.3) is 0 Å². The second-order valence-electron chi connectivity index (χ2n) is 1.75. The molecule has 0 aliphatic rings. The minimum absolute atomic E-state index is 0.620. The summed E-state index contributed by atoms with van der Waals surface area (Å²) in [6.45, 7) is 1.90. The van der Waals surface area contributed by atoms with E-state index in [1.165, 1.54) is 0 Å². The summed E-state index contributed by atoms with van der Waals surface area (Å²) in [5.41, 5.74) is 0.925. The van der Waals surface area contributed by atoms with Crippen LogP contribution in [0.2, 0.25) is 0 Å². The molecule has 0 aliphatic heterocycles. The van der Waals surface area contributed by atoms with Crippen LogP contribution in [0, 0.1) is 13.0 Å². The average Bonchev–Trinajstić information content (AvgIpc) is 1.88.